The molecule has 25 heavy (non-hydrogen) atoms. The van der Waals surface area contributed by atoms with E-state index >= 15 is 0 Å². The van der Waals surface area contributed by atoms with Crippen LogP contribution in [0.3, 0.4) is 0 Å². The van der Waals surface area contributed by atoms with Crippen LogP contribution in [0, 0.1) is 5.41 Å². The molecule has 0 spiro atoms. The third-order valence-corrected chi connectivity index (χ3v) is 4.64. The molecule has 0 radical (unpaired) electrons. The fraction of sp³-hybridized carbons (Fsp3) is 0.522. The van der Waals surface area contributed by atoms with Gasteiger partial charge in [0.25, 0.3) is 0 Å². The fourth-order valence-corrected chi connectivity index (χ4v) is 3.08. The monoisotopic (exact) mass is 341 g/mol. The maximum atomic E-state index is 4.96. The molecular weight excluding hydrogens is 306 g/mol. The first kappa shape index (κ1) is 21.4. The van der Waals surface area contributed by atoms with Crippen LogP contribution >= 0.6 is 0 Å². The number of rotatable bonds is 8. The summed E-state index contributed by atoms with van der Waals surface area (Å²) >= 11 is 0. The largest absolute Gasteiger partial charge is 0.383 e. The van der Waals surface area contributed by atoms with Gasteiger partial charge in [-0.25, -0.2) is 0 Å². The topological polar surface area (TPSA) is 21.6 Å². The summed E-state index contributed by atoms with van der Waals surface area (Å²) in [5.41, 5.74) is 5.80. The number of methoxy groups -OCH3 is 1. The Hall–Kier alpha value is -1.67. The second-order valence-electron chi connectivity index (χ2n) is 7.49. The average Bonchev–Trinajstić information content (AvgIpc) is 2.53. The van der Waals surface area contributed by atoms with E-state index in [0.29, 0.717) is 18.6 Å². The molecule has 2 heteroatoms. The van der Waals surface area contributed by atoms with Crippen LogP contribution < -0.4 is 0 Å². The molecular formula is C23H35NO. The van der Waals surface area contributed by atoms with Crippen molar-refractivity contribution >= 4 is 6.21 Å². The van der Waals surface area contributed by atoms with Gasteiger partial charge in [-0.1, -0.05) is 55.4 Å². The fourth-order valence-electron chi connectivity index (χ4n) is 3.08. The van der Waals surface area contributed by atoms with Crippen LogP contribution in [0.1, 0.15) is 53.9 Å². The van der Waals surface area contributed by atoms with E-state index in [0.717, 1.165) is 0 Å². The van der Waals surface area contributed by atoms with E-state index in [2.05, 4.69) is 70.0 Å². The van der Waals surface area contributed by atoms with Crippen molar-refractivity contribution in [1.29, 1.82) is 0 Å². The van der Waals surface area contributed by atoms with Gasteiger partial charge in [0.15, 0.2) is 0 Å². The molecule has 0 aromatic rings. The molecule has 0 fully saturated rings. The molecule has 0 aliphatic heterocycles. The number of aliphatic imine (C=N–C) groups is 1. The third kappa shape index (κ3) is 8.31. The quantitative estimate of drug-likeness (QED) is 0.291. The molecule has 0 heterocycles. The zero-order valence-electron chi connectivity index (χ0n) is 16.9. The van der Waals surface area contributed by atoms with E-state index in [4.69, 9.17) is 4.74 Å². The van der Waals surface area contributed by atoms with Gasteiger partial charge in [-0.3, -0.25) is 4.99 Å². The van der Waals surface area contributed by atoms with E-state index < -0.39 is 0 Å². The Morgan fingerprint density at radius 1 is 1.16 bits per heavy atom. The van der Waals surface area contributed by atoms with Gasteiger partial charge in [0, 0.05) is 13.3 Å². The lowest BCUT2D eigenvalue weighted by atomic mass is 9.72. The summed E-state index contributed by atoms with van der Waals surface area (Å²) in [6, 6.07) is 0. The van der Waals surface area contributed by atoms with Crippen LogP contribution in [0.5, 0.6) is 0 Å². The molecule has 1 aliphatic rings. The smallest absolute Gasteiger partial charge is 0.0658 e. The van der Waals surface area contributed by atoms with Gasteiger partial charge in [0.05, 0.1) is 13.2 Å². The standard InChI is InChI=1S/C23H35NO/c1-19(9-7-10-20(2)14-16-24-17-18-25-6)12-13-22-21(3)11-8-15-23(22,4)5/h7,9-10,12-14,16H,8,11,15,17-18H2,1-6H3/b10-7+,13-12+,19-9+,20-14+,24-16?. The second-order valence-corrected chi connectivity index (χ2v) is 7.49. The lowest BCUT2D eigenvalue weighted by Gasteiger charge is -2.32. The maximum Gasteiger partial charge on any atom is 0.0658 e. The summed E-state index contributed by atoms with van der Waals surface area (Å²) in [6.07, 6.45) is 18.6. The SMILES string of the molecule is COCCN=C/C=C(C)/C=C/C=C(C)/C=C/C1=C(C)CCCC1(C)C. The van der Waals surface area contributed by atoms with Crippen LogP contribution in [-0.2, 0) is 4.74 Å². The van der Waals surface area contributed by atoms with Gasteiger partial charge in [-0.05, 0) is 62.7 Å². The summed E-state index contributed by atoms with van der Waals surface area (Å²) in [5.74, 6) is 0. The van der Waals surface area contributed by atoms with Crippen molar-refractivity contribution in [1.82, 2.24) is 0 Å². The molecule has 0 bridgehead atoms. The molecule has 0 N–H and O–H groups in total. The molecule has 0 amide bonds. The molecule has 138 valence electrons. The van der Waals surface area contributed by atoms with E-state index in [9.17, 15) is 0 Å². The van der Waals surface area contributed by atoms with Crippen LogP contribution in [-0.4, -0.2) is 26.5 Å². The minimum Gasteiger partial charge on any atom is -0.383 e. The van der Waals surface area contributed by atoms with E-state index in [1.54, 1.807) is 12.7 Å². The second kappa shape index (κ2) is 11.0. The number of ether oxygens (including phenoxy) is 1. The van der Waals surface area contributed by atoms with Gasteiger partial charge in [-0.15, -0.1) is 0 Å². The van der Waals surface area contributed by atoms with Crippen molar-refractivity contribution in [2.24, 2.45) is 10.4 Å². The molecule has 1 aliphatic carbocycles. The predicted octanol–water partition coefficient (Wildman–Crippen LogP) is 6.24. The van der Waals surface area contributed by atoms with Crippen LogP contribution in [0.4, 0.5) is 0 Å². The minimum atomic E-state index is 0.302. The summed E-state index contributed by atoms with van der Waals surface area (Å²) < 4.78 is 4.96. The van der Waals surface area contributed by atoms with E-state index in [-0.39, 0.29) is 0 Å². The van der Waals surface area contributed by atoms with E-state index in [1.807, 2.05) is 12.3 Å². The van der Waals surface area contributed by atoms with Crippen LogP contribution in [0.25, 0.3) is 0 Å². The van der Waals surface area contributed by atoms with E-state index in [1.165, 1.54) is 36.0 Å². The highest BCUT2D eigenvalue weighted by molar-refractivity contribution is 5.72. The van der Waals surface area contributed by atoms with Gasteiger partial charge in [0.1, 0.15) is 0 Å². The number of hydrogen-bond donors (Lipinski definition) is 0. The first-order valence-electron chi connectivity index (χ1n) is 9.26. The van der Waals surface area contributed by atoms with Gasteiger partial charge in [-0.2, -0.15) is 0 Å². The highest BCUT2D eigenvalue weighted by Crippen LogP contribution is 2.40. The number of nitrogens with zero attached hydrogens (tertiary/aromatic N) is 1. The molecule has 0 aromatic carbocycles. The summed E-state index contributed by atoms with van der Waals surface area (Å²) in [4.78, 5) is 4.25. The first-order chi connectivity index (χ1) is 11.9. The Morgan fingerprint density at radius 2 is 1.88 bits per heavy atom. The minimum absolute atomic E-state index is 0.302. The van der Waals surface area contributed by atoms with Crippen LogP contribution in [0.2, 0.25) is 0 Å². The zero-order chi connectivity index (χ0) is 18.7. The predicted molar refractivity (Wildman–Crippen MR) is 111 cm³/mol. The number of allylic oxidation sites excluding steroid dienone is 10. The highest BCUT2D eigenvalue weighted by atomic mass is 16.5. The lowest BCUT2D eigenvalue weighted by molar-refractivity contribution is 0.208. The molecule has 0 unspecified atom stereocenters. The van der Waals surface area contributed by atoms with Crippen molar-refractivity contribution in [3.05, 3.63) is 58.7 Å². The van der Waals surface area contributed by atoms with Gasteiger partial charge < -0.3 is 4.74 Å². The molecule has 2 nitrogen and oxygen atoms in total. The average molecular weight is 342 g/mol. The molecule has 0 aromatic heterocycles. The highest BCUT2D eigenvalue weighted by Gasteiger charge is 2.26. The van der Waals surface area contributed by atoms with Crippen molar-refractivity contribution in [3.8, 4) is 0 Å². The van der Waals surface area contributed by atoms with Crippen molar-refractivity contribution in [2.45, 2.75) is 53.9 Å². The Bertz CT molecular complexity index is 598. The third-order valence-electron chi connectivity index (χ3n) is 4.64. The molecule has 0 atom stereocenters. The number of hydrogen-bond acceptors (Lipinski definition) is 2. The van der Waals surface area contributed by atoms with Crippen molar-refractivity contribution in [3.63, 3.8) is 0 Å². The summed E-state index contributed by atoms with van der Waals surface area (Å²) in [6.45, 7) is 12.6. The Balaban J connectivity index is 2.63. The Morgan fingerprint density at radius 3 is 2.56 bits per heavy atom. The summed E-state index contributed by atoms with van der Waals surface area (Å²) in [7, 11) is 1.69. The lowest BCUT2D eigenvalue weighted by Crippen LogP contribution is -2.19. The molecule has 0 saturated carbocycles. The molecule has 0 saturated heterocycles. The van der Waals surface area contributed by atoms with Gasteiger partial charge in [0.2, 0.25) is 0 Å². The first-order valence-corrected chi connectivity index (χ1v) is 9.26. The Labute approximate surface area is 154 Å². The maximum absolute atomic E-state index is 4.96. The normalized spacial score (nSPS) is 19.8. The molecule has 1 rings (SSSR count). The zero-order valence-corrected chi connectivity index (χ0v) is 16.9. The Kier molecular flexibility index (Phi) is 9.44. The van der Waals surface area contributed by atoms with Crippen LogP contribution in [0.15, 0.2) is 63.7 Å². The summed E-state index contributed by atoms with van der Waals surface area (Å²) in [5, 5.41) is 0. The van der Waals surface area contributed by atoms with Crippen molar-refractivity contribution in [2.75, 3.05) is 20.3 Å². The van der Waals surface area contributed by atoms with Crippen molar-refractivity contribution < 1.29 is 4.74 Å². The van der Waals surface area contributed by atoms with Gasteiger partial charge >= 0.3 is 0 Å².